The van der Waals surface area contributed by atoms with Crippen molar-refractivity contribution in [3.63, 3.8) is 0 Å². The van der Waals surface area contributed by atoms with Crippen LogP contribution in [0, 0.1) is 11.6 Å². The van der Waals surface area contributed by atoms with Gasteiger partial charge in [-0.05, 0) is 24.3 Å². The molecule has 0 radical (unpaired) electrons. The van der Waals surface area contributed by atoms with E-state index in [0.717, 1.165) is 18.2 Å². The van der Waals surface area contributed by atoms with Gasteiger partial charge in [-0.2, -0.15) is 0 Å². The van der Waals surface area contributed by atoms with E-state index in [1.807, 2.05) is 0 Å². The Hall–Kier alpha value is -1.97. The predicted octanol–water partition coefficient (Wildman–Crippen LogP) is 3.43. The van der Waals surface area contributed by atoms with Crippen molar-refractivity contribution in [2.45, 2.75) is 6.92 Å². The molecular weight excluding hydrogens is 214 g/mol. The summed E-state index contributed by atoms with van der Waals surface area (Å²) < 4.78 is 31.0. The molecule has 0 aliphatic rings. The Balaban J connectivity index is 2.46. The Morgan fingerprint density at radius 2 is 1.75 bits per heavy atom. The lowest BCUT2D eigenvalue weighted by Crippen LogP contribution is -1.86. The van der Waals surface area contributed by atoms with Crippen molar-refractivity contribution in [3.05, 3.63) is 47.7 Å². The summed E-state index contributed by atoms with van der Waals surface area (Å²) in [6.45, 7) is 1.36. The zero-order chi connectivity index (χ0) is 11.7. The van der Waals surface area contributed by atoms with Gasteiger partial charge in [0.2, 0.25) is 0 Å². The standard InChI is InChI=1S/C12H8F2O2/c1-7(15)11-2-3-12(16-11)8-4-9(13)6-10(14)5-8/h2-6H,1H3. The first kappa shape index (κ1) is 10.5. The normalized spacial score (nSPS) is 10.4. The van der Waals surface area contributed by atoms with E-state index in [0.29, 0.717) is 0 Å². The third kappa shape index (κ3) is 2.00. The van der Waals surface area contributed by atoms with Gasteiger partial charge in [-0.1, -0.05) is 0 Å². The number of rotatable bonds is 2. The molecule has 16 heavy (non-hydrogen) atoms. The molecule has 82 valence electrons. The van der Waals surface area contributed by atoms with Gasteiger partial charge in [0.25, 0.3) is 0 Å². The molecule has 0 spiro atoms. The van der Waals surface area contributed by atoms with Gasteiger partial charge in [-0.25, -0.2) is 8.78 Å². The van der Waals surface area contributed by atoms with Gasteiger partial charge in [0, 0.05) is 18.6 Å². The fourth-order valence-electron chi connectivity index (χ4n) is 1.38. The van der Waals surface area contributed by atoms with Crippen molar-refractivity contribution in [3.8, 4) is 11.3 Å². The molecule has 0 bridgehead atoms. The van der Waals surface area contributed by atoms with Crippen LogP contribution in [0.5, 0.6) is 0 Å². The highest BCUT2D eigenvalue weighted by atomic mass is 19.1. The Labute approximate surface area is 90.5 Å². The van der Waals surface area contributed by atoms with Gasteiger partial charge >= 0.3 is 0 Å². The molecule has 0 fully saturated rings. The maximum atomic E-state index is 12.9. The highest BCUT2D eigenvalue weighted by molar-refractivity contribution is 5.91. The maximum absolute atomic E-state index is 12.9. The van der Waals surface area contributed by atoms with Crippen LogP contribution in [0.3, 0.4) is 0 Å². The largest absolute Gasteiger partial charge is 0.453 e. The number of hydrogen-bond donors (Lipinski definition) is 0. The molecule has 1 heterocycles. The SMILES string of the molecule is CC(=O)c1ccc(-c2cc(F)cc(F)c2)o1. The fraction of sp³-hybridized carbons (Fsp3) is 0.0833. The molecule has 0 unspecified atom stereocenters. The zero-order valence-electron chi connectivity index (χ0n) is 8.46. The number of furan rings is 1. The first-order valence-corrected chi connectivity index (χ1v) is 4.63. The summed E-state index contributed by atoms with van der Waals surface area (Å²) in [5, 5.41) is 0. The molecule has 1 aromatic carbocycles. The number of halogens is 2. The van der Waals surface area contributed by atoms with E-state index >= 15 is 0 Å². The second-order valence-electron chi connectivity index (χ2n) is 3.38. The third-order valence-electron chi connectivity index (χ3n) is 2.10. The smallest absolute Gasteiger partial charge is 0.194 e. The molecule has 2 aromatic rings. The number of carbonyl (C=O) groups is 1. The molecule has 4 heteroatoms. The molecular formula is C12H8F2O2. The van der Waals surface area contributed by atoms with Gasteiger partial charge in [-0.15, -0.1) is 0 Å². The Kier molecular flexibility index (Phi) is 2.56. The maximum Gasteiger partial charge on any atom is 0.194 e. The van der Waals surface area contributed by atoms with E-state index in [-0.39, 0.29) is 22.9 Å². The van der Waals surface area contributed by atoms with Crippen LogP contribution in [0.25, 0.3) is 11.3 Å². The topological polar surface area (TPSA) is 30.2 Å². The molecule has 2 nitrogen and oxygen atoms in total. The van der Waals surface area contributed by atoms with Crippen LogP contribution in [0.1, 0.15) is 17.5 Å². The number of hydrogen-bond acceptors (Lipinski definition) is 2. The van der Waals surface area contributed by atoms with E-state index in [2.05, 4.69) is 0 Å². The summed E-state index contributed by atoms with van der Waals surface area (Å²) >= 11 is 0. The van der Waals surface area contributed by atoms with Crippen LogP contribution in [0.4, 0.5) is 8.78 Å². The molecule has 0 aliphatic carbocycles. The average Bonchev–Trinajstić information content (AvgIpc) is 2.64. The van der Waals surface area contributed by atoms with Crippen LogP contribution >= 0.6 is 0 Å². The number of Topliss-reactive ketones (excluding diaryl/α,β-unsaturated/α-hetero) is 1. The van der Waals surface area contributed by atoms with Crippen LogP contribution in [-0.2, 0) is 0 Å². The third-order valence-corrected chi connectivity index (χ3v) is 2.10. The summed E-state index contributed by atoms with van der Waals surface area (Å²) in [6.07, 6.45) is 0. The summed E-state index contributed by atoms with van der Waals surface area (Å²) in [4.78, 5) is 11.0. The van der Waals surface area contributed by atoms with Gasteiger partial charge in [0.1, 0.15) is 17.4 Å². The van der Waals surface area contributed by atoms with Crippen molar-refractivity contribution < 1.29 is 18.0 Å². The molecule has 0 aliphatic heterocycles. The first-order chi connectivity index (χ1) is 7.56. The minimum Gasteiger partial charge on any atom is -0.453 e. The van der Waals surface area contributed by atoms with Crippen molar-refractivity contribution in [1.82, 2.24) is 0 Å². The van der Waals surface area contributed by atoms with E-state index in [1.54, 1.807) is 0 Å². The van der Waals surface area contributed by atoms with Crippen molar-refractivity contribution in [2.24, 2.45) is 0 Å². The highest BCUT2D eigenvalue weighted by Crippen LogP contribution is 2.24. The van der Waals surface area contributed by atoms with Gasteiger partial charge in [0.05, 0.1) is 0 Å². The quantitative estimate of drug-likeness (QED) is 0.728. The Morgan fingerprint density at radius 1 is 1.12 bits per heavy atom. The van der Waals surface area contributed by atoms with E-state index in [1.165, 1.54) is 19.1 Å². The number of carbonyl (C=O) groups excluding carboxylic acids is 1. The predicted molar refractivity (Wildman–Crippen MR) is 54.1 cm³/mol. The summed E-state index contributed by atoms with van der Waals surface area (Å²) in [5.74, 6) is -1.17. The minimum atomic E-state index is -0.684. The molecule has 0 saturated heterocycles. The second kappa shape index (κ2) is 3.89. The van der Waals surface area contributed by atoms with E-state index < -0.39 is 11.6 Å². The second-order valence-corrected chi connectivity index (χ2v) is 3.38. The molecule has 0 amide bonds. The van der Waals surface area contributed by atoms with Crippen LogP contribution in [0.2, 0.25) is 0 Å². The van der Waals surface area contributed by atoms with Crippen molar-refractivity contribution in [2.75, 3.05) is 0 Å². The summed E-state index contributed by atoms with van der Waals surface area (Å²) in [7, 11) is 0. The molecule has 0 saturated carbocycles. The monoisotopic (exact) mass is 222 g/mol. The lowest BCUT2D eigenvalue weighted by atomic mass is 10.1. The molecule has 2 rings (SSSR count). The average molecular weight is 222 g/mol. The fourth-order valence-corrected chi connectivity index (χ4v) is 1.38. The molecule has 0 N–H and O–H groups in total. The lowest BCUT2D eigenvalue weighted by Gasteiger charge is -1.97. The van der Waals surface area contributed by atoms with Gasteiger partial charge < -0.3 is 4.42 Å². The Morgan fingerprint density at radius 3 is 2.25 bits per heavy atom. The minimum absolute atomic E-state index is 0.166. The first-order valence-electron chi connectivity index (χ1n) is 4.63. The van der Waals surface area contributed by atoms with Crippen LogP contribution in [0.15, 0.2) is 34.7 Å². The highest BCUT2D eigenvalue weighted by Gasteiger charge is 2.09. The van der Waals surface area contributed by atoms with E-state index in [9.17, 15) is 13.6 Å². The Bertz CT molecular complexity index is 523. The van der Waals surface area contributed by atoms with Gasteiger partial charge in [-0.3, -0.25) is 4.79 Å². The summed E-state index contributed by atoms with van der Waals surface area (Å²) in [6, 6.07) is 6.04. The summed E-state index contributed by atoms with van der Waals surface area (Å²) in [5.41, 5.74) is 0.269. The lowest BCUT2D eigenvalue weighted by molar-refractivity contribution is 0.0988. The number of benzene rings is 1. The van der Waals surface area contributed by atoms with Crippen molar-refractivity contribution in [1.29, 1.82) is 0 Å². The van der Waals surface area contributed by atoms with Crippen LogP contribution < -0.4 is 0 Å². The van der Waals surface area contributed by atoms with Crippen LogP contribution in [-0.4, -0.2) is 5.78 Å². The molecule has 0 atom stereocenters. The zero-order valence-corrected chi connectivity index (χ0v) is 8.46. The van der Waals surface area contributed by atoms with Gasteiger partial charge in [0.15, 0.2) is 11.5 Å². The van der Waals surface area contributed by atoms with Crippen molar-refractivity contribution >= 4 is 5.78 Å². The van der Waals surface area contributed by atoms with E-state index in [4.69, 9.17) is 4.42 Å². The number of ketones is 1. The molecule has 1 aromatic heterocycles.